The Morgan fingerprint density at radius 2 is 2.04 bits per heavy atom. The molecule has 1 aliphatic heterocycles. The number of hydrogen-bond acceptors (Lipinski definition) is 6. The molecule has 0 aromatic heterocycles. The van der Waals surface area contributed by atoms with Gasteiger partial charge >= 0.3 is 0 Å². The molecular formula is C18H17BrN2O4S. The Morgan fingerprint density at radius 3 is 2.65 bits per heavy atom. The first-order valence-corrected chi connectivity index (χ1v) is 9.86. The molecule has 0 fully saturated rings. The lowest BCUT2D eigenvalue weighted by Gasteiger charge is -2.15. The third-order valence-electron chi connectivity index (χ3n) is 3.67. The number of hydrogen-bond donors (Lipinski definition) is 0. The van der Waals surface area contributed by atoms with Gasteiger partial charge in [-0.25, -0.2) is 0 Å². The van der Waals surface area contributed by atoms with Crippen LogP contribution in [0.4, 0.5) is 5.69 Å². The normalized spacial score (nSPS) is 13.4. The van der Waals surface area contributed by atoms with Gasteiger partial charge in [-0.15, -0.1) is 11.8 Å². The minimum absolute atomic E-state index is 0.0594. The molecule has 0 atom stereocenters. The highest BCUT2D eigenvalue weighted by Crippen LogP contribution is 2.39. The molecule has 0 spiro atoms. The number of non-ortho nitro benzene ring substituents is 1. The molecule has 0 unspecified atom stereocenters. The van der Waals surface area contributed by atoms with Crippen molar-refractivity contribution in [2.24, 2.45) is 4.99 Å². The average molecular weight is 437 g/mol. The molecule has 3 rings (SSSR count). The number of aliphatic imine (C=N–C) groups is 1. The highest BCUT2D eigenvalue weighted by Gasteiger charge is 2.17. The van der Waals surface area contributed by atoms with Gasteiger partial charge in [0.05, 0.1) is 21.0 Å². The summed E-state index contributed by atoms with van der Waals surface area (Å²) in [4.78, 5) is 14.8. The molecular weight excluding hydrogens is 420 g/mol. The molecule has 8 heteroatoms. The van der Waals surface area contributed by atoms with Gasteiger partial charge in [-0.3, -0.25) is 15.1 Å². The van der Waals surface area contributed by atoms with Gasteiger partial charge in [0.15, 0.2) is 11.5 Å². The van der Waals surface area contributed by atoms with Crippen molar-refractivity contribution in [1.82, 2.24) is 0 Å². The predicted molar refractivity (Wildman–Crippen MR) is 107 cm³/mol. The van der Waals surface area contributed by atoms with Crippen molar-refractivity contribution in [1.29, 1.82) is 0 Å². The first-order valence-electron chi connectivity index (χ1n) is 8.08. The molecule has 0 saturated carbocycles. The van der Waals surface area contributed by atoms with E-state index in [0.29, 0.717) is 18.1 Å². The predicted octanol–water partition coefficient (Wildman–Crippen LogP) is 4.83. The summed E-state index contributed by atoms with van der Waals surface area (Å²) in [7, 11) is 0. The van der Waals surface area contributed by atoms with Gasteiger partial charge < -0.3 is 9.47 Å². The minimum atomic E-state index is -0.420. The van der Waals surface area contributed by atoms with Crippen LogP contribution < -0.4 is 9.47 Å². The molecule has 0 bridgehead atoms. The van der Waals surface area contributed by atoms with Crippen LogP contribution in [0.15, 0.2) is 45.9 Å². The van der Waals surface area contributed by atoms with Gasteiger partial charge in [-0.1, -0.05) is 0 Å². The topological polar surface area (TPSA) is 74.0 Å². The van der Waals surface area contributed by atoms with E-state index >= 15 is 0 Å². The molecule has 0 saturated heterocycles. The van der Waals surface area contributed by atoms with E-state index in [1.165, 1.54) is 12.1 Å². The molecule has 26 heavy (non-hydrogen) atoms. The Balaban J connectivity index is 1.80. The molecule has 0 amide bonds. The maximum atomic E-state index is 10.7. The highest BCUT2D eigenvalue weighted by atomic mass is 79.9. The van der Waals surface area contributed by atoms with Crippen LogP contribution in [0, 0.1) is 10.1 Å². The molecule has 0 N–H and O–H groups in total. The summed E-state index contributed by atoms with van der Waals surface area (Å²) in [6.07, 6.45) is 0. The van der Waals surface area contributed by atoms with Gasteiger partial charge in [-0.2, -0.15) is 0 Å². The summed E-state index contributed by atoms with van der Waals surface area (Å²) in [6, 6.07) is 10.2. The SMILES string of the molecule is CCOc1cc(C2=NCCS2)cc(Br)c1OCc1ccc([N+](=O)[O-])cc1. The second-order valence-electron chi connectivity index (χ2n) is 5.47. The quantitative estimate of drug-likeness (QED) is 0.458. The number of thioether (sulfide) groups is 1. The zero-order valence-corrected chi connectivity index (χ0v) is 16.5. The number of nitro benzene ring substituents is 1. The molecule has 6 nitrogen and oxygen atoms in total. The van der Waals surface area contributed by atoms with Crippen molar-refractivity contribution in [3.05, 3.63) is 62.1 Å². The fourth-order valence-electron chi connectivity index (χ4n) is 2.47. The lowest BCUT2D eigenvalue weighted by Crippen LogP contribution is -2.03. The van der Waals surface area contributed by atoms with Crippen molar-refractivity contribution >= 4 is 38.4 Å². The van der Waals surface area contributed by atoms with E-state index in [2.05, 4.69) is 20.9 Å². The minimum Gasteiger partial charge on any atom is -0.490 e. The van der Waals surface area contributed by atoms with E-state index in [1.54, 1.807) is 23.9 Å². The zero-order valence-electron chi connectivity index (χ0n) is 14.1. The Bertz CT molecular complexity index is 840. The summed E-state index contributed by atoms with van der Waals surface area (Å²) in [5, 5.41) is 11.7. The van der Waals surface area contributed by atoms with Crippen molar-refractivity contribution in [2.45, 2.75) is 13.5 Å². The van der Waals surface area contributed by atoms with Crippen LogP contribution in [0.5, 0.6) is 11.5 Å². The van der Waals surface area contributed by atoms with Crippen molar-refractivity contribution in [3.63, 3.8) is 0 Å². The van der Waals surface area contributed by atoms with Gasteiger partial charge in [0.1, 0.15) is 6.61 Å². The van der Waals surface area contributed by atoms with E-state index in [4.69, 9.17) is 9.47 Å². The number of nitrogens with zero attached hydrogens (tertiary/aromatic N) is 2. The largest absolute Gasteiger partial charge is 0.490 e. The summed E-state index contributed by atoms with van der Waals surface area (Å²) in [6.45, 7) is 3.55. The van der Waals surface area contributed by atoms with Crippen molar-refractivity contribution < 1.29 is 14.4 Å². The van der Waals surface area contributed by atoms with Crippen LogP contribution in [0.2, 0.25) is 0 Å². The second kappa shape index (κ2) is 8.55. The molecule has 0 radical (unpaired) electrons. The van der Waals surface area contributed by atoms with Crippen LogP contribution in [0.3, 0.4) is 0 Å². The summed E-state index contributed by atoms with van der Waals surface area (Å²) in [5.74, 6) is 2.25. The molecule has 0 aliphatic carbocycles. The maximum Gasteiger partial charge on any atom is 0.269 e. The van der Waals surface area contributed by atoms with Gasteiger partial charge in [0.25, 0.3) is 5.69 Å². The first-order chi connectivity index (χ1) is 12.6. The van der Waals surface area contributed by atoms with E-state index in [9.17, 15) is 10.1 Å². The van der Waals surface area contributed by atoms with Gasteiger partial charge in [0, 0.05) is 30.0 Å². The molecule has 1 heterocycles. The van der Waals surface area contributed by atoms with Gasteiger partial charge in [-0.05, 0) is 52.7 Å². The van der Waals surface area contributed by atoms with Crippen LogP contribution >= 0.6 is 27.7 Å². The number of benzene rings is 2. The van der Waals surface area contributed by atoms with Crippen molar-refractivity contribution in [3.8, 4) is 11.5 Å². The van der Waals surface area contributed by atoms with E-state index in [1.807, 2.05) is 19.1 Å². The van der Waals surface area contributed by atoms with E-state index in [0.717, 1.165) is 32.9 Å². The number of halogens is 1. The number of nitro groups is 1. The third-order valence-corrected chi connectivity index (χ3v) is 5.29. The maximum absolute atomic E-state index is 10.7. The van der Waals surface area contributed by atoms with Gasteiger partial charge in [0.2, 0.25) is 0 Å². The smallest absolute Gasteiger partial charge is 0.269 e. The summed E-state index contributed by atoms with van der Waals surface area (Å²) >= 11 is 5.29. The van der Waals surface area contributed by atoms with Crippen LogP contribution in [0.1, 0.15) is 18.1 Å². The molecule has 2 aromatic carbocycles. The zero-order chi connectivity index (χ0) is 18.5. The summed E-state index contributed by atoms with van der Waals surface area (Å²) < 4.78 is 12.5. The Labute approximate surface area is 163 Å². The summed E-state index contributed by atoms with van der Waals surface area (Å²) in [5.41, 5.74) is 1.90. The highest BCUT2D eigenvalue weighted by molar-refractivity contribution is 9.10. The Morgan fingerprint density at radius 1 is 1.27 bits per heavy atom. The third kappa shape index (κ3) is 4.37. The monoisotopic (exact) mass is 436 g/mol. The number of ether oxygens (including phenoxy) is 2. The van der Waals surface area contributed by atoms with Crippen LogP contribution in [-0.2, 0) is 6.61 Å². The Hall–Kier alpha value is -2.06. The molecule has 136 valence electrons. The fraction of sp³-hybridized carbons (Fsp3) is 0.278. The standard InChI is InChI=1S/C18H17BrN2O4S/c1-2-24-16-10-13(18-20-7-8-26-18)9-15(19)17(16)25-11-12-3-5-14(6-4-12)21(22)23/h3-6,9-10H,2,7-8,11H2,1H3. The molecule has 1 aliphatic rings. The fourth-order valence-corrected chi connectivity index (χ4v) is 3.87. The molecule has 2 aromatic rings. The lowest BCUT2D eigenvalue weighted by molar-refractivity contribution is -0.384. The Kier molecular flexibility index (Phi) is 6.16. The average Bonchev–Trinajstić information content (AvgIpc) is 3.16. The van der Waals surface area contributed by atoms with Crippen LogP contribution in [-0.4, -0.2) is 28.9 Å². The lowest BCUT2D eigenvalue weighted by atomic mass is 10.2. The van der Waals surface area contributed by atoms with Crippen LogP contribution in [0.25, 0.3) is 0 Å². The first kappa shape index (κ1) is 18.7. The number of rotatable bonds is 7. The van der Waals surface area contributed by atoms with E-state index in [-0.39, 0.29) is 12.3 Å². The van der Waals surface area contributed by atoms with E-state index < -0.39 is 4.92 Å². The van der Waals surface area contributed by atoms with Crippen molar-refractivity contribution in [2.75, 3.05) is 18.9 Å². The second-order valence-corrected chi connectivity index (χ2v) is 7.40.